The lowest BCUT2D eigenvalue weighted by atomic mass is 10.1. The summed E-state index contributed by atoms with van der Waals surface area (Å²) in [5.41, 5.74) is 4.02. The predicted octanol–water partition coefficient (Wildman–Crippen LogP) is 5.94. The van der Waals surface area contributed by atoms with Crippen LogP contribution in [0.25, 0.3) is 0 Å². The Hall–Kier alpha value is -3.81. The molecule has 1 N–H and O–H groups in total. The zero-order valence-electron chi connectivity index (χ0n) is 21.9. The van der Waals surface area contributed by atoms with Gasteiger partial charge in [0.1, 0.15) is 24.9 Å². The molecule has 0 spiro atoms. The van der Waals surface area contributed by atoms with Gasteiger partial charge in [-0.15, -0.1) is 0 Å². The maximum atomic E-state index is 10.4. The first-order valence-electron chi connectivity index (χ1n) is 13.1. The van der Waals surface area contributed by atoms with Gasteiger partial charge in [-0.25, -0.2) is 0 Å². The summed E-state index contributed by atoms with van der Waals surface area (Å²) in [6.07, 6.45) is -0.393. The molecule has 4 aromatic rings. The van der Waals surface area contributed by atoms with Gasteiger partial charge in [0.2, 0.25) is 0 Å². The average Bonchev–Trinajstić information content (AvgIpc) is 3.01. The van der Waals surface area contributed by atoms with Crippen molar-refractivity contribution in [1.82, 2.24) is 0 Å². The molecule has 0 heterocycles. The smallest absolute Gasteiger partial charge is 0.142 e. The lowest BCUT2D eigenvalue weighted by Crippen LogP contribution is -2.45. The Morgan fingerprint density at radius 2 is 0.949 bits per heavy atom. The van der Waals surface area contributed by atoms with Crippen LogP contribution in [0.2, 0.25) is 0 Å². The van der Waals surface area contributed by atoms with E-state index in [1.54, 1.807) is 6.21 Å². The summed E-state index contributed by atoms with van der Waals surface area (Å²) < 4.78 is 18.9. The van der Waals surface area contributed by atoms with Crippen molar-refractivity contribution in [2.45, 2.75) is 44.7 Å². The Morgan fingerprint density at radius 3 is 1.41 bits per heavy atom. The van der Waals surface area contributed by atoms with Crippen molar-refractivity contribution in [3.63, 3.8) is 0 Å². The summed E-state index contributed by atoms with van der Waals surface area (Å²) in [4.78, 5) is 5.59. The number of nitrogens with zero attached hydrogens (tertiary/aromatic N) is 1. The molecular formula is C33H35NO5. The van der Waals surface area contributed by atoms with Crippen molar-refractivity contribution in [2.24, 2.45) is 5.16 Å². The van der Waals surface area contributed by atoms with Crippen LogP contribution in [-0.2, 0) is 45.5 Å². The van der Waals surface area contributed by atoms with Gasteiger partial charge in [0.25, 0.3) is 0 Å². The standard InChI is InChI=1S/C33H35NO5/c35-22-32(37-24-28-15-7-2-8-16-28)33(38-25-29-17-9-3-10-18-29)31(36-23-27-13-5-1-6-14-27)21-34-39-26-30-19-11-4-12-20-30/h1-21,31-33,35H,22-26H2/b34-21+/t31-,32+,33+/m0/s1. The van der Waals surface area contributed by atoms with E-state index >= 15 is 0 Å². The highest BCUT2D eigenvalue weighted by Crippen LogP contribution is 2.18. The largest absolute Gasteiger partial charge is 0.394 e. The Labute approximate surface area is 230 Å². The highest BCUT2D eigenvalue weighted by molar-refractivity contribution is 5.63. The molecule has 4 rings (SSSR count). The first-order chi connectivity index (χ1) is 19.3. The first kappa shape index (κ1) is 28.2. The van der Waals surface area contributed by atoms with Gasteiger partial charge in [-0.3, -0.25) is 0 Å². The third-order valence-electron chi connectivity index (χ3n) is 6.10. The van der Waals surface area contributed by atoms with E-state index in [1.807, 2.05) is 121 Å². The lowest BCUT2D eigenvalue weighted by molar-refractivity contribution is -0.144. The van der Waals surface area contributed by atoms with Gasteiger partial charge < -0.3 is 24.2 Å². The van der Waals surface area contributed by atoms with Crippen LogP contribution in [0.1, 0.15) is 22.3 Å². The van der Waals surface area contributed by atoms with Crippen LogP contribution in [0.4, 0.5) is 0 Å². The maximum absolute atomic E-state index is 10.4. The normalized spacial score (nSPS) is 13.7. The minimum Gasteiger partial charge on any atom is -0.394 e. The summed E-state index contributed by atoms with van der Waals surface area (Å²) in [6.45, 7) is 1.05. The molecule has 0 saturated heterocycles. The molecule has 0 fully saturated rings. The summed E-state index contributed by atoms with van der Waals surface area (Å²) in [7, 11) is 0. The molecule has 6 nitrogen and oxygen atoms in total. The molecule has 4 aromatic carbocycles. The highest BCUT2D eigenvalue weighted by Gasteiger charge is 2.32. The number of aliphatic hydroxyl groups is 1. The maximum Gasteiger partial charge on any atom is 0.142 e. The zero-order valence-corrected chi connectivity index (χ0v) is 21.9. The Kier molecular flexibility index (Phi) is 11.7. The summed E-state index contributed by atoms with van der Waals surface area (Å²) in [5, 5.41) is 14.6. The number of hydrogen-bond acceptors (Lipinski definition) is 6. The first-order valence-corrected chi connectivity index (χ1v) is 13.1. The van der Waals surface area contributed by atoms with Gasteiger partial charge in [0.05, 0.1) is 32.6 Å². The van der Waals surface area contributed by atoms with Crippen LogP contribution in [0.5, 0.6) is 0 Å². The van der Waals surface area contributed by atoms with Crippen LogP contribution in [0.3, 0.4) is 0 Å². The van der Waals surface area contributed by atoms with E-state index in [4.69, 9.17) is 19.0 Å². The van der Waals surface area contributed by atoms with Gasteiger partial charge >= 0.3 is 0 Å². The fourth-order valence-corrected chi connectivity index (χ4v) is 3.99. The van der Waals surface area contributed by atoms with Crippen LogP contribution < -0.4 is 0 Å². The fraction of sp³-hybridized carbons (Fsp3) is 0.242. The minimum absolute atomic E-state index is 0.254. The van der Waals surface area contributed by atoms with Gasteiger partial charge in [0.15, 0.2) is 0 Å². The lowest BCUT2D eigenvalue weighted by Gasteiger charge is -2.31. The molecule has 0 aromatic heterocycles. The van der Waals surface area contributed by atoms with Crippen molar-refractivity contribution in [1.29, 1.82) is 0 Å². The van der Waals surface area contributed by atoms with E-state index in [-0.39, 0.29) is 6.61 Å². The number of aliphatic hydroxyl groups excluding tert-OH is 1. The van der Waals surface area contributed by atoms with Crippen molar-refractivity contribution >= 4 is 6.21 Å². The predicted molar refractivity (Wildman–Crippen MR) is 152 cm³/mol. The monoisotopic (exact) mass is 525 g/mol. The van der Waals surface area contributed by atoms with Crippen molar-refractivity contribution in [3.05, 3.63) is 144 Å². The molecule has 0 radical (unpaired) electrons. The molecule has 0 amide bonds. The molecule has 0 aliphatic carbocycles. The molecule has 6 heteroatoms. The van der Waals surface area contributed by atoms with Gasteiger partial charge in [-0.05, 0) is 22.3 Å². The summed E-state index contributed by atoms with van der Waals surface area (Å²) in [6, 6.07) is 39.4. The van der Waals surface area contributed by atoms with Crippen LogP contribution in [-0.4, -0.2) is 36.2 Å². The molecule has 0 aliphatic rings. The van der Waals surface area contributed by atoms with E-state index in [9.17, 15) is 5.11 Å². The van der Waals surface area contributed by atoms with Crippen molar-refractivity contribution in [3.8, 4) is 0 Å². The fourth-order valence-electron chi connectivity index (χ4n) is 3.99. The second-order valence-corrected chi connectivity index (χ2v) is 9.05. The molecule has 202 valence electrons. The number of oxime groups is 1. The topological polar surface area (TPSA) is 69.5 Å². The number of hydrogen-bond donors (Lipinski definition) is 1. The van der Waals surface area contributed by atoms with Gasteiger partial charge in [-0.2, -0.15) is 0 Å². The second kappa shape index (κ2) is 16.2. The quantitative estimate of drug-likeness (QED) is 0.145. The van der Waals surface area contributed by atoms with Gasteiger partial charge in [-0.1, -0.05) is 126 Å². The summed E-state index contributed by atoms with van der Waals surface area (Å²) >= 11 is 0. The Balaban J connectivity index is 1.52. The SMILES string of the molecule is OC[C@@H](OCc1ccccc1)[C@H](OCc1ccccc1)[C@H](/C=N/OCc1ccccc1)OCc1ccccc1. The van der Waals surface area contributed by atoms with Crippen molar-refractivity contribution < 1.29 is 24.2 Å². The summed E-state index contributed by atoms with van der Waals surface area (Å²) in [5.74, 6) is 0. The van der Waals surface area contributed by atoms with Crippen LogP contribution in [0, 0.1) is 0 Å². The minimum atomic E-state index is -0.671. The molecule has 0 bridgehead atoms. The van der Waals surface area contributed by atoms with Crippen LogP contribution >= 0.6 is 0 Å². The molecular weight excluding hydrogens is 490 g/mol. The molecule has 0 unspecified atom stereocenters. The second-order valence-electron chi connectivity index (χ2n) is 9.05. The van der Waals surface area contributed by atoms with Crippen molar-refractivity contribution in [2.75, 3.05) is 6.61 Å². The van der Waals surface area contributed by atoms with E-state index in [2.05, 4.69) is 5.16 Å². The Bertz CT molecular complexity index is 1210. The molecule has 3 atom stereocenters. The number of ether oxygens (including phenoxy) is 3. The van der Waals surface area contributed by atoms with E-state index in [0.29, 0.717) is 26.4 Å². The van der Waals surface area contributed by atoms with E-state index in [0.717, 1.165) is 22.3 Å². The average molecular weight is 526 g/mol. The molecule has 0 aliphatic heterocycles. The highest BCUT2D eigenvalue weighted by atomic mass is 16.6. The van der Waals surface area contributed by atoms with E-state index < -0.39 is 18.3 Å². The third kappa shape index (κ3) is 9.78. The molecule has 0 saturated carbocycles. The number of rotatable bonds is 16. The molecule has 39 heavy (non-hydrogen) atoms. The Morgan fingerprint density at radius 1 is 0.538 bits per heavy atom. The zero-order chi connectivity index (χ0) is 27.0. The van der Waals surface area contributed by atoms with E-state index in [1.165, 1.54) is 0 Å². The third-order valence-corrected chi connectivity index (χ3v) is 6.10. The van der Waals surface area contributed by atoms with Gasteiger partial charge in [0, 0.05) is 0 Å². The van der Waals surface area contributed by atoms with Crippen LogP contribution in [0.15, 0.2) is 126 Å². The number of benzene rings is 4.